The molecule has 0 atom stereocenters. The monoisotopic (exact) mass is 433 g/mol. The number of carbonyl (C=O) groups is 1. The Balaban J connectivity index is 1.93. The molecule has 31 heavy (non-hydrogen) atoms. The molecule has 3 aromatic rings. The SMILES string of the molecule is COc1ccc(CN(C)C(=O)c2cnn(-c3ccc(C)cc3)c2C(F)(F)F)cc1OC. The van der Waals surface area contributed by atoms with Gasteiger partial charge >= 0.3 is 6.18 Å². The number of nitrogens with zero attached hydrogens (tertiary/aromatic N) is 3. The van der Waals surface area contributed by atoms with Gasteiger partial charge in [0, 0.05) is 13.6 Å². The van der Waals surface area contributed by atoms with E-state index in [1.807, 2.05) is 6.92 Å². The second-order valence-electron chi connectivity index (χ2n) is 7.00. The average Bonchev–Trinajstić information content (AvgIpc) is 3.19. The predicted molar refractivity (Wildman–Crippen MR) is 109 cm³/mol. The topological polar surface area (TPSA) is 56.6 Å². The number of ether oxygens (including phenoxy) is 2. The molecule has 0 saturated carbocycles. The average molecular weight is 433 g/mol. The molecule has 0 saturated heterocycles. The van der Waals surface area contributed by atoms with Crippen LogP contribution in [0, 0.1) is 6.92 Å². The molecule has 6 nitrogen and oxygen atoms in total. The van der Waals surface area contributed by atoms with Crippen LogP contribution in [0.5, 0.6) is 11.5 Å². The minimum Gasteiger partial charge on any atom is -0.493 e. The van der Waals surface area contributed by atoms with E-state index in [1.54, 1.807) is 30.3 Å². The number of amides is 1. The summed E-state index contributed by atoms with van der Waals surface area (Å²) in [5.41, 5.74) is 0.166. The summed E-state index contributed by atoms with van der Waals surface area (Å²) in [6.45, 7) is 1.90. The first-order chi connectivity index (χ1) is 14.7. The van der Waals surface area contributed by atoms with Gasteiger partial charge in [0.05, 0.1) is 31.7 Å². The second kappa shape index (κ2) is 8.71. The highest BCUT2D eigenvalue weighted by Gasteiger charge is 2.41. The summed E-state index contributed by atoms with van der Waals surface area (Å²) in [5, 5.41) is 3.86. The summed E-state index contributed by atoms with van der Waals surface area (Å²) in [6, 6.07) is 11.5. The Hall–Kier alpha value is -3.49. The van der Waals surface area contributed by atoms with Crippen LogP contribution in [0.4, 0.5) is 13.2 Å². The zero-order chi connectivity index (χ0) is 22.8. The highest BCUT2D eigenvalue weighted by Crippen LogP contribution is 2.34. The molecular formula is C22H22F3N3O3. The standard InChI is InChI=1S/C22H22F3N3O3/c1-14-5-8-16(9-6-14)28-20(22(23,24)25)17(12-26-28)21(29)27(2)13-15-7-10-18(30-3)19(11-15)31-4/h5-12H,13H2,1-4H3. The molecule has 0 aliphatic rings. The largest absolute Gasteiger partial charge is 0.493 e. The van der Waals surface area contributed by atoms with Gasteiger partial charge in [0.15, 0.2) is 17.2 Å². The van der Waals surface area contributed by atoms with Crippen molar-refractivity contribution in [3.63, 3.8) is 0 Å². The first-order valence-corrected chi connectivity index (χ1v) is 9.34. The van der Waals surface area contributed by atoms with Crippen molar-refractivity contribution in [3.8, 4) is 17.2 Å². The lowest BCUT2D eigenvalue weighted by Gasteiger charge is -2.19. The van der Waals surface area contributed by atoms with Crippen molar-refractivity contribution in [1.29, 1.82) is 0 Å². The number of aryl methyl sites for hydroxylation is 1. The summed E-state index contributed by atoms with van der Waals surface area (Å²) in [4.78, 5) is 14.1. The molecule has 1 heterocycles. The van der Waals surface area contributed by atoms with Crippen LogP contribution in [-0.2, 0) is 12.7 Å². The van der Waals surface area contributed by atoms with Crippen LogP contribution < -0.4 is 9.47 Å². The zero-order valence-electron chi connectivity index (χ0n) is 17.5. The summed E-state index contributed by atoms with van der Waals surface area (Å²) in [5.74, 6) is 0.184. The van der Waals surface area contributed by atoms with E-state index in [1.165, 1.54) is 38.3 Å². The summed E-state index contributed by atoms with van der Waals surface area (Å²) in [6.07, 6.45) is -3.81. The minimum absolute atomic E-state index is 0.0756. The number of benzene rings is 2. The van der Waals surface area contributed by atoms with Crippen molar-refractivity contribution in [2.75, 3.05) is 21.3 Å². The van der Waals surface area contributed by atoms with Gasteiger partial charge in [-0.1, -0.05) is 23.8 Å². The molecule has 3 rings (SSSR count). The number of hydrogen-bond acceptors (Lipinski definition) is 4. The van der Waals surface area contributed by atoms with Crippen LogP contribution in [0.25, 0.3) is 5.69 Å². The predicted octanol–water partition coefficient (Wildman–Crippen LogP) is 4.49. The Labute approximate surface area is 177 Å². The lowest BCUT2D eigenvalue weighted by atomic mass is 10.1. The number of methoxy groups -OCH3 is 2. The van der Waals surface area contributed by atoms with Crippen LogP contribution in [-0.4, -0.2) is 41.9 Å². The number of aromatic nitrogens is 2. The number of hydrogen-bond donors (Lipinski definition) is 0. The molecule has 0 spiro atoms. The third kappa shape index (κ3) is 4.65. The van der Waals surface area contributed by atoms with Gasteiger partial charge in [-0.2, -0.15) is 18.3 Å². The van der Waals surface area contributed by atoms with E-state index in [2.05, 4.69) is 5.10 Å². The quantitative estimate of drug-likeness (QED) is 0.575. The molecular weight excluding hydrogens is 411 g/mol. The Morgan fingerprint density at radius 1 is 1.06 bits per heavy atom. The van der Waals surface area contributed by atoms with Crippen molar-refractivity contribution in [2.45, 2.75) is 19.6 Å². The fourth-order valence-electron chi connectivity index (χ4n) is 3.19. The number of alkyl halides is 3. The minimum atomic E-state index is -4.77. The van der Waals surface area contributed by atoms with Gasteiger partial charge < -0.3 is 14.4 Å². The van der Waals surface area contributed by atoms with Crippen molar-refractivity contribution in [3.05, 3.63) is 71.0 Å². The van der Waals surface area contributed by atoms with Gasteiger partial charge in [-0.3, -0.25) is 4.79 Å². The number of rotatable bonds is 6. The van der Waals surface area contributed by atoms with Crippen LogP contribution >= 0.6 is 0 Å². The van der Waals surface area contributed by atoms with Gasteiger partial charge in [0.1, 0.15) is 0 Å². The summed E-state index contributed by atoms with van der Waals surface area (Å²) >= 11 is 0. The summed E-state index contributed by atoms with van der Waals surface area (Å²) < 4.78 is 52.8. The molecule has 1 aromatic heterocycles. The van der Waals surface area contributed by atoms with Crippen molar-refractivity contribution >= 4 is 5.91 Å². The van der Waals surface area contributed by atoms with Gasteiger partial charge in [-0.15, -0.1) is 0 Å². The Morgan fingerprint density at radius 3 is 2.29 bits per heavy atom. The lowest BCUT2D eigenvalue weighted by molar-refractivity contribution is -0.143. The molecule has 0 fully saturated rings. The summed E-state index contributed by atoms with van der Waals surface area (Å²) in [7, 11) is 4.41. The third-order valence-electron chi connectivity index (χ3n) is 4.76. The van der Waals surface area contributed by atoms with Crippen LogP contribution in [0.15, 0.2) is 48.7 Å². The van der Waals surface area contributed by atoms with Crippen molar-refractivity contribution < 1.29 is 27.4 Å². The van der Waals surface area contributed by atoms with Gasteiger partial charge in [0.25, 0.3) is 5.91 Å². The molecule has 0 radical (unpaired) electrons. The Bertz CT molecular complexity index is 1080. The number of halogens is 3. The highest BCUT2D eigenvalue weighted by molar-refractivity contribution is 5.95. The zero-order valence-corrected chi connectivity index (χ0v) is 17.5. The van der Waals surface area contributed by atoms with E-state index < -0.39 is 23.3 Å². The van der Waals surface area contributed by atoms with Crippen LogP contribution in [0.2, 0.25) is 0 Å². The molecule has 164 valence electrons. The Morgan fingerprint density at radius 2 is 1.71 bits per heavy atom. The molecule has 0 bridgehead atoms. The maximum absolute atomic E-state index is 13.9. The van der Waals surface area contributed by atoms with E-state index in [9.17, 15) is 18.0 Å². The Kier molecular flexibility index (Phi) is 6.24. The normalized spacial score (nSPS) is 11.3. The van der Waals surface area contributed by atoms with E-state index in [4.69, 9.17) is 9.47 Å². The first-order valence-electron chi connectivity index (χ1n) is 9.34. The molecule has 2 aromatic carbocycles. The van der Waals surface area contributed by atoms with Crippen molar-refractivity contribution in [1.82, 2.24) is 14.7 Å². The van der Waals surface area contributed by atoms with Crippen LogP contribution in [0.1, 0.15) is 27.2 Å². The molecule has 0 unspecified atom stereocenters. The fourth-order valence-corrected chi connectivity index (χ4v) is 3.19. The third-order valence-corrected chi connectivity index (χ3v) is 4.76. The molecule has 0 aliphatic heterocycles. The molecule has 0 aliphatic carbocycles. The molecule has 1 amide bonds. The van der Waals surface area contributed by atoms with Gasteiger partial charge in [-0.25, -0.2) is 4.68 Å². The van der Waals surface area contributed by atoms with E-state index >= 15 is 0 Å². The van der Waals surface area contributed by atoms with E-state index in [0.29, 0.717) is 17.1 Å². The number of carbonyl (C=O) groups excluding carboxylic acids is 1. The van der Waals surface area contributed by atoms with E-state index in [0.717, 1.165) is 16.4 Å². The molecule has 9 heteroatoms. The maximum atomic E-state index is 13.9. The molecule has 0 N–H and O–H groups in total. The fraction of sp³-hybridized carbons (Fsp3) is 0.273. The highest BCUT2D eigenvalue weighted by atomic mass is 19.4. The second-order valence-corrected chi connectivity index (χ2v) is 7.00. The van der Waals surface area contributed by atoms with Gasteiger partial charge in [-0.05, 0) is 36.8 Å². The van der Waals surface area contributed by atoms with Crippen LogP contribution in [0.3, 0.4) is 0 Å². The lowest BCUT2D eigenvalue weighted by Crippen LogP contribution is -2.28. The smallest absolute Gasteiger partial charge is 0.434 e. The van der Waals surface area contributed by atoms with E-state index in [-0.39, 0.29) is 12.2 Å². The van der Waals surface area contributed by atoms with Gasteiger partial charge in [0.2, 0.25) is 0 Å². The van der Waals surface area contributed by atoms with Crippen molar-refractivity contribution in [2.24, 2.45) is 0 Å². The first kappa shape index (κ1) is 22.2. The maximum Gasteiger partial charge on any atom is 0.434 e.